The summed E-state index contributed by atoms with van der Waals surface area (Å²) in [6.07, 6.45) is 0.738. The number of nitrogens with two attached hydrogens (primary N) is 1. The van der Waals surface area contributed by atoms with E-state index in [1.165, 1.54) is 12.1 Å². The first-order valence-electron chi connectivity index (χ1n) is 7.15. The minimum Gasteiger partial charge on any atom is -0.366 e. The van der Waals surface area contributed by atoms with Crippen LogP contribution in [-0.2, 0) is 6.42 Å². The van der Waals surface area contributed by atoms with Crippen LogP contribution in [0.3, 0.4) is 0 Å². The van der Waals surface area contributed by atoms with Gasteiger partial charge in [-0.05, 0) is 67.0 Å². The molecule has 2 rings (SSSR count). The largest absolute Gasteiger partial charge is 0.366 e. The van der Waals surface area contributed by atoms with Crippen molar-refractivity contribution in [2.24, 2.45) is 5.73 Å². The number of aryl methyl sites for hydroxylation is 1. The number of halogens is 1. The molecule has 0 saturated carbocycles. The standard InChI is InChI=1S/C17H18FN3OS/c1-11-10-14(6-7-15(11)16(19)22)21-17(23)20-9-8-12-2-4-13(18)5-3-12/h2-7,10H,8-9H2,1H3,(H2,19,22)(H2,20,21,23). The third-order valence-corrected chi connectivity index (χ3v) is 3.61. The predicted molar refractivity (Wildman–Crippen MR) is 94.0 cm³/mol. The van der Waals surface area contributed by atoms with Gasteiger partial charge in [0.15, 0.2) is 5.11 Å². The highest BCUT2D eigenvalue weighted by Gasteiger charge is 2.06. The Hall–Kier alpha value is -2.47. The van der Waals surface area contributed by atoms with Crippen LogP contribution >= 0.6 is 12.2 Å². The first-order valence-corrected chi connectivity index (χ1v) is 7.56. The second-order valence-electron chi connectivity index (χ2n) is 5.15. The van der Waals surface area contributed by atoms with Crippen molar-refractivity contribution in [1.29, 1.82) is 0 Å². The lowest BCUT2D eigenvalue weighted by molar-refractivity contribution is 0.1000. The summed E-state index contributed by atoms with van der Waals surface area (Å²) in [6, 6.07) is 11.6. The van der Waals surface area contributed by atoms with Gasteiger partial charge in [-0.3, -0.25) is 4.79 Å². The number of carbonyl (C=O) groups excluding carboxylic acids is 1. The third kappa shape index (κ3) is 5.03. The van der Waals surface area contributed by atoms with E-state index >= 15 is 0 Å². The molecule has 0 aliphatic heterocycles. The van der Waals surface area contributed by atoms with Crippen LogP contribution in [-0.4, -0.2) is 17.6 Å². The number of amides is 1. The molecule has 0 aliphatic rings. The van der Waals surface area contributed by atoms with Crippen LogP contribution in [0.1, 0.15) is 21.5 Å². The molecule has 4 N–H and O–H groups in total. The maximum atomic E-state index is 12.8. The van der Waals surface area contributed by atoms with Gasteiger partial charge in [-0.1, -0.05) is 12.1 Å². The zero-order valence-electron chi connectivity index (χ0n) is 12.7. The molecule has 0 fully saturated rings. The van der Waals surface area contributed by atoms with Crippen molar-refractivity contribution in [1.82, 2.24) is 5.32 Å². The highest BCUT2D eigenvalue weighted by atomic mass is 32.1. The maximum Gasteiger partial charge on any atom is 0.248 e. The van der Waals surface area contributed by atoms with Gasteiger partial charge in [0.05, 0.1) is 0 Å². The van der Waals surface area contributed by atoms with Crippen LogP contribution in [0.15, 0.2) is 42.5 Å². The minimum absolute atomic E-state index is 0.242. The number of nitrogens with one attached hydrogen (secondary N) is 2. The molecule has 6 heteroatoms. The van der Waals surface area contributed by atoms with Crippen LogP contribution in [0.4, 0.5) is 10.1 Å². The lowest BCUT2D eigenvalue weighted by Gasteiger charge is -2.12. The predicted octanol–water partition coefficient (Wildman–Crippen LogP) is 2.76. The summed E-state index contributed by atoms with van der Waals surface area (Å²) in [5.41, 5.74) is 8.37. The van der Waals surface area contributed by atoms with E-state index in [-0.39, 0.29) is 5.82 Å². The van der Waals surface area contributed by atoms with E-state index in [0.29, 0.717) is 17.2 Å². The Bertz CT molecular complexity index is 716. The first kappa shape index (κ1) is 16.9. The van der Waals surface area contributed by atoms with Crippen LogP contribution in [0.25, 0.3) is 0 Å². The van der Waals surface area contributed by atoms with E-state index in [9.17, 15) is 9.18 Å². The zero-order valence-corrected chi connectivity index (χ0v) is 13.5. The summed E-state index contributed by atoms with van der Waals surface area (Å²) in [5, 5.41) is 6.62. The third-order valence-electron chi connectivity index (χ3n) is 3.36. The molecule has 0 radical (unpaired) electrons. The molecule has 0 unspecified atom stereocenters. The highest BCUT2D eigenvalue weighted by Crippen LogP contribution is 2.14. The summed E-state index contributed by atoms with van der Waals surface area (Å²) < 4.78 is 12.8. The van der Waals surface area contributed by atoms with Crippen LogP contribution < -0.4 is 16.4 Å². The van der Waals surface area contributed by atoms with E-state index in [1.807, 2.05) is 13.0 Å². The van der Waals surface area contributed by atoms with Gasteiger partial charge in [0.1, 0.15) is 5.82 Å². The Morgan fingerprint density at radius 3 is 2.52 bits per heavy atom. The highest BCUT2D eigenvalue weighted by molar-refractivity contribution is 7.80. The van der Waals surface area contributed by atoms with Crippen LogP contribution in [0, 0.1) is 12.7 Å². The zero-order chi connectivity index (χ0) is 16.8. The fraction of sp³-hybridized carbons (Fsp3) is 0.176. The van der Waals surface area contributed by atoms with E-state index in [1.54, 1.807) is 24.3 Å². The molecular weight excluding hydrogens is 313 g/mol. The van der Waals surface area contributed by atoms with Crippen molar-refractivity contribution in [2.75, 3.05) is 11.9 Å². The molecular formula is C17H18FN3OS. The quantitative estimate of drug-likeness (QED) is 0.737. The van der Waals surface area contributed by atoms with Gasteiger partial charge in [0.2, 0.25) is 5.91 Å². The Morgan fingerprint density at radius 2 is 1.91 bits per heavy atom. The lowest BCUT2D eigenvalue weighted by Crippen LogP contribution is -2.30. The lowest BCUT2D eigenvalue weighted by atomic mass is 10.1. The molecule has 0 atom stereocenters. The SMILES string of the molecule is Cc1cc(NC(=S)NCCc2ccc(F)cc2)ccc1C(N)=O. The van der Waals surface area contributed by atoms with E-state index < -0.39 is 5.91 Å². The van der Waals surface area contributed by atoms with Crippen LogP contribution in [0.2, 0.25) is 0 Å². The van der Waals surface area contributed by atoms with E-state index in [0.717, 1.165) is 23.2 Å². The Kier molecular flexibility index (Phi) is 5.65. The van der Waals surface area contributed by atoms with Crippen LogP contribution in [0.5, 0.6) is 0 Å². The van der Waals surface area contributed by atoms with E-state index in [2.05, 4.69) is 10.6 Å². The fourth-order valence-corrected chi connectivity index (χ4v) is 2.38. The fourth-order valence-electron chi connectivity index (χ4n) is 2.16. The molecule has 2 aromatic rings. The molecule has 0 spiro atoms. The monoisotopic (exact) mass is 331 g/mol. The summed E-state index contributed by atoms with van der Waals surface area (Å²) in [5.74, 6) is -0.692. The second-order valence-corrected chi connectivity index (χ2v) is 5.56. The van der Waals surface area contributed by atoms with Gasteiger partial charge in [-0.15, -0.1) is 0 Å². The van der Waals surface area contributed by atoms with Gasteiger partial charge < -0.3 is 16.4 Å². The minimum atomic E-state index is -0.450. The van der Waals surface area contributed by atoms with Gasteiger partial charge >= 0.3 is 0 Å². The summed E-state index contributed by atoms with van der Waals surface area (Å²) in [7, 11) is 0. The normalized spacial score (nSPS) is 10.2. The van der Waals surface area contributed by atoms with Crippen molar-refractivity contribution >= 4 is 28.9 Å². The van der Waals surface area contributed by atoms with Gasteiger partial charge in [-0.25, -0.2) is 4.39 Å². The number of rotatable bonds is 5. The van der Waals surface area contributed by atoms with Crippen molar-refractivity contribution < 1.29 is 9.18 Å². The van der Waals surface area contributed by atoms with Crippen molar-refractivity contribution in [3.63, 3.8) is 0 Å². The number of thiocarbonyl (C=S) groups is 1. The molecule has 0 aliphatic carbocycles. The Morgan fingerprint density at radius 1 is 1.22 bits per heavy atom. The summed E-state index contributed by atoms with van der Waals surface area (Å²) >= 11 is 5.23. The number of hydrogen-bond acceptors (Lipinski definition) is 2. The molecule has 0 aromatic heterocycles. The summed E-state index contributed by atoms with van der Waals surface area (Å²) in [4.78, 5) is 11.2. The molecule has 2 aromatic carbocycles. The van der Waals surface area contributed by atoms with Gasteiger partial charge in [-0.2, -0.15) is 0 Å². The Balaban J connectivity index is 1.84. The molecule has 0 saturated heterocycles. The first-order chi connectivity index (χ1) is 11.0. The molecule has 4 nitrogen and oxygen atoms in total. The molecule has 0 heterocycles. The Labute approximate surface area is 139 Å². The number of primary amides is 1. The van der Waals surface area contributed by atoms with Crippen molar-refractivity contribution in [2.45, 2.75) is 13.3 Å². The van der Waals surface area contributed by atoms with Gasteiger partial charge in [0.25, 0.3) is 0 Å². The molecule has 1 amide bonds. The average molecular weight is 331 g/mol. The maximum absolute atomic E-state index is 12.8. The van der Waals surface area contributed by atoms with Crippen molar-refractivity contribution in [3.8, 4) is 0 Å². The summed E-state index contributed by atoms with van der Waals surface area (Å²) in [6.45, 7) is 2.45. The van der Waals surface area contributed by atoms with Gasteiger partial charge in [0, 0.05) is 17.8 Å². The average Bonchev–Trinajstić information content (AvgIpc) is 2.49. The molecule has 0 bridgehead atoms. The second kappa shape index (κ2) is 7.69. The molecule has 120 valence electrons. The molecule has 23 heavy (non-hydrogen) atoms. The van der Waals surface area contributed by atoms with E-state index in [4.69, 9.17) is 18.0 Å². The smallest absolute Gasteiger partial charge is 0.248 e. The number of anilines is 1. The number of benzene rings is 2. The topological polar surface area (TPSA) is 67.2 Å². The van der Waals surface area contributed by atoms with Crippen molar-refractivity contribution in [3.05, 3.63) is 65.0 Å². The number of hydrogen-bond donors (Lipinski definition) is 3. The number of carbonyl (C=O) groups is 1.